The van der Waals surface area contributed by atoms with Gasteiger partial charge in [-0.1, -0.05) is 24.3 Å². The second-order valence-electron chi connectivity index (χ2n) is 8.75. The number of piperidine rings is 1. The fourth-order valence-corrected chi connectivity index (χ4v) is 7.19. The van der Waals surface area contributed by atoms with Gasteiger partial charge in [0, 0.05) is 35.6 Å². The van der Waals surface area contributed by atoms with Crippen LogP contribution in [0.2, 0.25) is 0 Å². The minimum absolute atomic E-state index is 0.0718. The van der Waals surface area contributed by atoms with Gasteiger partial charge in [0.05, 0.1) is 5.52 Å². The Morgan fingerprint density at radius 3 is 2.58 bits per heavy atom. The van der Waals surface area contributed by atoms with Gasteiger partial charge >= 0.3 is 0 Å². The van der Waals surface area contributed by atoms with Gasteiger partial charge in [0.2, 0.25) is 10.0 Å². The van der Waals surface area contributed by atoms with Crippen molar-refractivity contribution in [2.45, 2.75) is 43.0 Å². The lowest BCUT2D eigenvalue weighted by atomic mass is 10.0. The van der Waals surface area contributed by atoms with Crippen LogP contribution in [0.25, 0.3) is 10.9 Å². The predicted molar refractivity (Wildman–Crippen MR) is 126 cm³/mol. The zero-order chi connectivity index (χ0) is 21.3. The van der Waals surface area contributed by atoms with Crippen molar-refractivity contribution in [1.82, 2.24) is 14.2 Å². The molecule has 0 atom stereocenters. The highest BCUT2D eigenvalue weighted by Gasteiger charge is 2.38. The maximum atomic E-state index is 13.8. The van der Waals surface area contributed by atoms with Crippen molar-refractivity contribution >= 4 is 32.3 Å². The number of benzene rings is 1. The number of fused-ring (bicyclic) bond motifs is 1. The number of aromatic nitrogens is 1. The molecule has 7 heteroatoms. The van der Waals surface area contributed by atoms with Crippen LogP contribution < -0.4 is 0 Å². The van der Waals surface area contributed by atoms with Crippen molar-refractivity contribution in [2.24, 2.45) is 5.92 Å². The van der Waals surface area contributed by atoms with Gasteiger partial charge in [0.15, 0.2) is 0 Å². The second-order valence-corrected chi connectivity index (χ2v) is 11.6. The first-order chi connectivity index (χ1) is 15.1. The summed E-state index contributed by atoms with van der Waals surface area (Å²) in [6, 6.07) is 13.6. The van der Waals surface area contributed by atoms with Crippen LogP contribution in [0.15, 0.2) is 58.9 Å². The summed E-state index contributed by atoms with van der Waals surface area (Å²) in [5.41, 5.74) is 0.583. The van der Waals surface area contributed by atoms with Gasteiger partial charge in [-0.05, 0) is 74.7 Å². The Hall–Kier alpha value is -1.80. The molecule has 1 saturated heterocycles. The molecule has 0 radical (unpaired) electrons. The van der Waals surface area contributed by atoms with E-state index in [1.54, 1.807) is 12.3 Å². The van der Waals surface area contributed by atoms with Crippen LogP contribution in [0.1, 0.15) is 30.6 Å². The van der Waals surface area contributed by atoms with E-state index in [9.17, 15) is 8.42 Å². The molecule has 0 bridgehead atoms. The van der Waals surface area contributed by atoms with E-state index >= 15 is 0 Å². The van der Waals surface area contributed by atoms with E-state index in [0.717, 1.165) is 57.1 Å². The molecule has 1 saturated carbocycles. The van der Waals surface area contributed by atoms with E-state index in [-0.39, 0.29) is 6.04 Å². The van der Waals surface area contributed by atoms with Crippen LogP contribution in [-0.4, -0.2) is 54.8 Å². The van der Waals surface area contributed by atoms with Gasteiger partial charge in [-0.3, -0.25) is 4.98 Å². The minimum Gasteiger partial charge on any atom is -0.303 e. The van der Waals surface area contributed by atoms with Crippen LogP contribution in [0.5, 0.6) is 0 Å². The smallest absolute Gasteiger partial charge is 0.245 e. The highest BCUT2D eigenvalue weighted by Crippen LogP contribution is 2.35. The number of nitrogens with zero attached hydrogens (tertiary/aromatic N) is 3. The Morgan fingerprint density at radius 1 is 1.03 bits per heavy atom. The maximum absolute atomic E-state index is 13.8. The Balaban J connectivity index is 1.33. The molecule has 31 heavy (non-hydrogen) atoms. The molecule has 2 aliphatic rings. The molecule has 3 aromatic rings. The van der Waals surface area contributed by atoms with Gasteiger partial charge in [0.1, 0.15) is 4.90 Å². The molecular formula is C24H29N3O2S2. The molecule has 5 rings (SSSR count). The maximum Gasteiger partial charge on any atom is 0.245 e. The molecular weight excluding hydrogens is 426 g/mol. The summed E-state index contributed by atoms with van der Waals surface area (Å²) in [4.78, 5) is 8.67. The number of pyridine rings is 1. The predicted octanol–water partition coefficient (Wildman–Crippen LogP) is 4.40. The Morgan fingerprint density at radius 2 is 1.84 bits per heavy atom. The van der Waals surface area contributed by atoms with E-state index in [1.807, 2.05) is 39.9 Å². The molecule has 3 heterocycles. The number of para-hydroxylation sites is 1. The van der Waals surface area contributed by atoms with Crippen LogP contribution in [0.3, 0.4) is 0 Å². The minimum atomic E-state index is -3.59. The Kier molecular flexibility index (Phi) is 6.10. The summed E-state index contributed by atoms with van der Waals surface area (Å²) >= 11 is 1.81. The Bertz CT molecular complexity index is 1110. The number of hydrogen-bond acceptors (Lipinski definition) is 5. The molecule has 1 aliphatic heterocycles. The summed E-state index contributed by atoms with van der Waals surface area (Å²) in [5, 5.41) is 3.00. The Labute approximate surface area is 188 Å². The van der Waals surface area contributed by atoms with E-state index < -0.39 is 10.0 Å². The third-order valence-corrected chi connectivity index (χ3v) is 9.42. The first-order valence-corrected chi connectivity index (χ1v) is 13.5. The van der Waals surface area contributed by atoms with Crippen molar-refractivity contribution in [3.05, 3.63) is 58.9 Å². The fraction of sp³-hybridized carbons (Fsp3) is 0.458. The number of likely N-dealkylation sites (tertiary alicyclic amines) is 1. The molecule has 0 N–H and O–H groups in total. The van der Waals surface area contributed by atoms with Crippen LogP contribution in [0, 0.1) is 5.92 Å². The molecule has 2 fully saturated rings. The normalized spacial score (nSPS) is 18.7. The van der Waals surface area contributed by atoms with Crippen molar-refractivity contribution in [1.29, 1.82) is 0 Å². The summed E-state index contributed by atoms with van der Waals surface area (Å²) in [6.45, 7) is 3.61. The quantitative estimate of drug-likeness (QED) is 0.505. The lowest BCUT2D eigenvalue weighted by Crippen LogP contribution is -2.48. The van der Waals surface area contributed by atoms with Crippen molar-refractivity contribution in [3.63, 3.8) is 0 Å². The molecule has 1 aliphatic carbocycles. The highest BCUT2D eigenvalue weighted by molar-refractivity contribution is 7.89. The third-order valence-electron chi connectivity index (χ3n) is 6.54. The van der Waals surface area contributed by atoms with Gasteiger partial charge < -0.3 is 4.90 Å². The first kappa shape index (κ1) is 21.1. The molecule has 0 spiro atoms. The molecule has 2 aromatic heterocycles. The van der Waals surface area contributed by atoms with Crippen molar-refractivity contribution in [3.8, 4) is 0 Å². The summed E-state index contributed by atoms with van der Waals surface area (Å²) < 4.78 is 29.5. The zero-order valence-corrected chi connectivity index (χ0v) is 19.3. The topological polar surface area (TPSA) is 53.5 Å². The second kappa shape index (κ2) is 8.98. The first-order valence-electron chi connectivity index (χ1n) is 11.2. The van der Waals surface area contributed by atoms with Crippen LogP contribution in [-0.2, 0) is 16.4 Å². The summed E-state index contributed by atoms with van der Waals surface area (Å²) in [7, 11) is -3.59. The van der Waals surface area contributed by atoms with Gasteiger partial charge in [-0.15, -0.1) is 11.3 Å². The average Bonchev–Trinajstić information content (AvgIpc) is 3.47. The van der Waals surface area contributed by atoms with Crippen LogP contribution in [0.4, 0.5) is 0 Å². The van der Waals surface area contributed by atoms with E-state index in [0.29, 0.717) is 22.9 Å². The number of thiophene rings is 1. The zero-order valence-electron chi connectivity index (χ0n) is 17.7. The summed E-state index contributed by atoms with van der Waals surface area (Å²) in [5.74, 6) is 0.509. The van der Waals surface area contributed by atoms with E-state index in [4.69, 9.17) is 0 Å². The largest absolute Gasteiger partial charge is 0.303 e. The number of hydrogen-bond donors (Lipinski definition) is 0. The van der Waals surface area contributed by atoms with Gasteiger partial charge in [-0.25, -0.2) is 8.42 Å². The lowest BCUT2D eigenvalue weighted by Gasteiger charge is -2.38. The lowest BCUT2D eigenvalue weighted by molar-refractivity contribution is 0.158. The van der Waals surface area contributed by atoms with Gasteiger partial charge in [-0.2, -0.15) is 4.31 Å². The SMILES string of the molecule is O=S(=O)(c1cccc2cccnc12)N(CC1CC1)C1CCN(CCc2cccs2)CC1. The van der Waals surface area contributed by atoms with Crippen molar-refractivity contribution < 1.29 is 8.42 Å². The fourth-order valence-electron chi connectivity index (χ4n) is 4.56. The standard InChI is InChI=1S/C24H29N3O2S2/c28-31(29,23-7-1-4-20-5-2-13-25-24(20)23)27(18-19-8-9-19)21-10-14-26(15-11-21)16-12-22-6-3-17-30-22/h1-7,13,17,19,21H,8-12,14-16,18H2. The number of sulfonamides is 1. The van der Waals surface area contributed by atoms with Crippen molar-refractivity contribution in [2.75, 3.05) is 26.2 Å². The highest BCUT2D eigenvalue weighted by atomic mass is 32.2. The molecule has 0 amide bonds. The molecule has 5 nitrogen and oxygen atoms in total. The van der Waals surface area contributed by atoms with E-state index in [2.05, 4.69) is 27.4 Å². The van der Waals surface area contributed by atoms with E-state index in [1.165, 1.54) is 4.88 Å². The van der Waals surface area contributed by atoms with Crippen LogP contribution >= 0.6 is 11.3 Å². The number of rotatable bonds is 8. The molecule has 0 unspecified atom stereocenters. The van der Waals surface area contributed by atoms with Gasteiger partial charge in [0.25, 0.3) is 0 Å². The third kappa shape index (κ3) is 4.70. The molecule has 1 aromatic carbocycles. The summed E-state index contributed by atoms with van der Waals surface area (Å²) in [6.07, 6.45) is 6.83. The monoisotopic (exact) mass is 455 g/mol. The molecule has 164 valence electrons. The average molecular weight is 456 g/mol.